The molecule has 0 aromatic carbocycles. The van der Waals surface area contributed by atoms with Crippen molar-refractivity contribution in [2.75, 3.05) is 21.3 Å². The molecule has 1 heterocycles. The lowest BCUT2D eigenvalue weighted by molar-refractivity contribution is 0.121. The van der Waals surface area contributed by atoms with E-state index < -0.39 is 8.80 Å². The Hall–Kier alpha value is -0.403. The number of pyridine rings is 1. The molecule has 0 spiro atoms. The summed E-state index contributed by atoms with van der Waals surface area (Å²) >= 11 is 1.80. The lowest BCUT2D eigenvalue weighted by Crippen LogP contribution is -2.52. The Morgan fingerprint density at radius 3 is 2.26 bits per heavy atom. The van der Waals surface area contributed by atoms with Gasteiger partial charge in [-0.05, 0) is 25.5 Å². The molecule has 2 atom stereocenters. The van der Waals surface area contributed by atoms with E-state index in [1.807, 2.05) is 24.4 Å². The lowest BCUT2D eigenvalue weighted by atomic mass is 10.3. The topological polar surface area (TPSA) is 40.6 Å². The second kappa shape index (κ2) is 8.01. The summed E-state index contributed by atoms with van der Waals surface area (Å²) < 4.78 is 16.7. The van der Waals surface area contributed by atoms with Crippen LogP contribution in [0.3, 0.4) is 0 Å². The Kier molecular flexibility index (Phi) is 7.02. The number of hydrogen-bond donors (Lipinski definition) is 0. The fourth-order valence-electron chi connectivity index (χ4n) is 2.01. The largest absolute Gasteiger partial charge is 0.513 e. The number of aromatic nitrogens is 1. The summed E-state index contributed by atoms with van der Waals surface area (Å²) in [6, 6.07) is 5.98. The zero-order valence-electron chi connectivity index (χ0n) is 12.3. The van der Waals surface area contributed by atoms with Gasteiger partial charge in [0.1, 0.15) is 0 Å². The van der Waals surface area contributed by atoms with Crippen LogP contribution in [-0.2, 0) is 13.3 Å². The van der Waals surface area contributed by atoms with Crippen molar-refractivity contribution in [3.63, 3.8) is 0 Å². The molecule has 108 valence electrons. The van der Waals surface area contributed by atoms with E-state index in [0.717, 1.165) is 12.1 Å². The zero-order chi connectivity index (χ0) is 14.3. The number of nitrogens with zero attached hydrogens (tertiary/aromatic N) is 1. The molecule has 0 saturated heterocycles. The Bertz CT molecular complexity index is 354. The van der Waals surface area contributed by atoms with Gasteiger partial charge >= 0.3 is 8.80 Å². The molecule has 1 aromatic heterocycles. The summed E-state index contributed by atoms with van der Waals surface area (Å²) in [4.78, 5) is 4.60. The van der Waals surface area contributed by atoms with E-state index in [4.69, 9.17) is 13.3 Å². The summed E-state index contributed by atoms with van der Waals surface area (Å²) in [6.07, 6.45) is 2.75. The van der Waals surface area contributed by atoms with Gasteiger partial charge in [0.25, 0.3) is 0 Å². The highest BCUT2D eigenvalue weighted by atomic mass is 32.2. The van der Waals surface area contributed by atoms with Crippen molar-refractivity contribution in [1.29, 1.82) is 0 Å². The summed E-state index contributed by atoms with van der Waals surface area (Å²) in [5.74, 6) is 0. The highest BCUT2D eigenvalue weighted by molar-refractivity contribution is 8.01. The van der Waals surface area contributed by atoms with Crippen LogP contribution in [0.5, 0.6) is 0 Å². The zero-order valence-corrected chi connectivity index (χ0v) is 14.1. The Labute approximate surface area is 121 Å². The predicted octanol–water partition coefficient (Wildman–Crippen LogP) is 3.07. The van der Waals surface area contributed by atoms with Crippen LogP contribution in [0.4, 0.5) is 0 Å². The van der Waals surface area contributed by atoms with E-state index in [0.29, 0.717) is 0 Å². The van der Waals surface area contributed by atoms with Gasteiger partial charge in [0.2, 0.25) is 0 Å². The fourth-order valence-corrected chi connectivity index (χ4v) is 6.90. The second-order valence-electron chi connectivity index (χ2n) is 4.15. The van der Waals surface area contributed by atoms with Gasteiger partial charge in [0.05, 0.1) is 10.6 Å². The molecule has 0 saturated carbocycles. The predicted molar refractivity (Wildman–Crippen MR) is 81.1 cm³/mol. The van der Waals surface area contributed by atoms with Crippen molar-refractivity contribution in [2.45, 2.75) is 30.4 Å². The van der Waals surface area contributed by atoms with Crippen LogP contribution in [0.2, 0.25) is 0 Å². The molecule has 0 fully saturated rings. The van der Waals surface area contributed by atoms with Gasteiger partial charge < -0.3 is 13.3 Å². The summed E-state index contributed by atoms with van der Waals surface area (Å²) in [5.41, 5.74) is 1.07. The first-order valence-corrected chi connectivity index (χ1v) is 9.09. The number of thioether (sulfide) groups is 1. The van der Waals surface area contributed by atoms with Crippen LogP contribution < -0.4 is 0 Å². The third kappa shape index (κ3) is 4.03. The average Bonchev–Trinajstić information content (AvgIpc) is 2.49. The average molecular weight is 301 g/mol. The molecule has 0 radical (unpaired) electrons. The van der Waals surface area contributed by atoms with E-state index in [9.17, 15) is 0 Å². The molecule has 6 heteroatoms. The first-order valence-electron chi connectivity index (χ1n) is 6.35. The van der Waals surface area contributed by atoms with Crippen LogP contribution in [0.1, 0.15) is 31.2 Å². The molecule has 19 heavy (non-hydrogen) atoms. The molecular formula is C13H23NO3SSi. The molecule has 2 unspecified atom stereocenters. The molecule has 0 aliphatic rings. The maximum atomic E-state index is 5.58. The third-order valence-corrected chi connectivity index (χ3v) is 8.58. The Morgan fingerprint density at radius 2 is 1.84 bits per heavy atom. The molecule has 0 amide bonds. The van der Waals surface area contributed by atoms with Gasteiger partial charge in [0.15, 0.2) is 0 Å². The minimum Gasteiger partial charge on any atom is -0.376 e. The highest BCUT2D eigenvalue weighted by Crippen LogP contribution is 2.37. The number of rotatable bonds is 8. The van der Waals surface area contributed by atoms with E-state index in [-0.39, 0.29) is 10.1 Å². The molecule has 0 bridgehead atoms. The Morgan fingerprint density at radius 1 is 1.21 bits per heavy atom. The first kappa shape index (κ1) is 16.7. The molecule has 1 aromatic rings. The van der Waals surface area contributed by atoms with Gasteiger partial charge in [-0.3, -0.25) is 4.98 Å². The molecule has 1 rings (SSSR count). The van der Waals surface area contributed by atoms with Gasteiger partial charge in [-0.1, -0.05) is 13.0 Å². The SMILES string of the molecule is CCC(SC(C)c1ccccn1)[Si](OC)(OC)OC. The van der Waals surface area contributed by atoms with Crippen molar-refractivity contribution in [1.82, 2.24) is 4.98 Å². The first-order chi connectivity index (χ1) is 9.13. The third-order valence-electron chi connectivity index (χ3n) is 3.09. The van der Waals surface area contributed by atoms with Crippen molar-refractivity contribution in [2.24, 2.45) is 0 Å². The van der Waals surface area contributed by atoms with Crippen LogP contribution in [-0.4, -0.2) is 40.0 Å². The lowest BCUT2D eigenvalue weighted by Gasteiger charge is -2.32. The molecular weight excluding hydrogens is 278 g/mol. The molecule has 4 nitrogen and oxygen atoms in total. The molecule has 0 aliphatic carbocycles. The smallest absolute Gasteiger partial charge is 0.376 e. The number of hydrogen-bond acceptors (Lipinski definition) is 5. The van der Waals surface area contributed by atoms with Crippen LogP contribution in [0, 0.1) is 0 Å². The Balaban J connectivity index is 2.81. The minimum absolute atomic E-state index is 0.199. The van der Waals surface area contributed by atoms with Crippen molar-refractivity contribution < 1.29 is 13.3 Å². The fraction of sp³-hybridized carbons (Fsp3) is 0.615. The molecule has 0 N–H and O–H groups in total. The highest BCUT2D eigenvalue weighted by Gasteiger charge is 2.47. The van der Waals surface area contributed by atoms with E-state index in [1.165, 1.54) is 0 Å². The van der Waals surface area contributed by atoms with Crippen molar-refractivity contribution in [3.8, 4) is 0 Å². The molecule has 0 aliphatic heterocycles. The van der Waals surface area contributed by atoms with Gasteiger partial charge in [-0.15, -0.1) is 11.8 Å². The summed E-state index contributed by atoms with van der Waals surface area (Å²) in [5, 5.41) is 0.276. The van der Waals surface area contributed by atoms with Crippen LogP contribution in [0.15, 0.2) is 24.4 Å². The van der Waals surface area contributed by atoms with Crippen molar-refractivity contribution in [3.05, 3.63) is 30.1 Å². The van der Waals surface area contributed by atoms with Gasteiger partial charge in [0, 0.05) is 32.8 Å². The van der Waals surface area contributed by atoms with E-state index in [1.54, 1.807) is 33.1 Å². The summed E-state index contributed by atoms with van der Waals surface area (Å²) in [6.45, 7) is 4.28. The maximum Gasteiger partial charge on any atom is 0.513 e. The maximum absolute atomic E-state index is 5.58. The van der Waals surface area contributed by atoms with Crippen LogP contribution >= 0.6 is 11.8 Å². The van der Waals surface area contributed by atoms with E-state index in [2.05, 4.69) is 18.8 Å². The van der Waals surface area contributed by atoms with E-state index >= 15 is 0 Å². The standard InChI is InChI=1S/C13H23NO3SSi/c1-6-13(19(15-3,16-4)17-5)18-11(2)12-9-7-8-10-14-12/h7-11,13H,6H2,1-5H3. The van der Waals surface area contributed by atoms with Crippen molar-refractivity contribution >= 4 is 20.6 Å². The van der Waals surface area contributed by atoms with Gasteiger partial charge in [-0.2, -0.15) is 0 Å². The monoisotopic (exact) mass is 301 g/mol. The normalized spacial score (nSPS) is 15.2. The second-order valence-corrected chi connectivity index (χ2v) is 9.24. The summed E-state index contributed by atoms with van der Waals surface area (Å²) in [7, 11) is 2.37. The minimum atomic E-state index is -2.61. The quantitative estimate of drug-likeness (QED) is 0.690. The van der Waals surface area contributed by atoms with Gasteiger partial charge in [-0.25, -0.2) is 0 Å². The van der Waals surface area contributed by atoms with Crippen LogP contribution in [0.25, 0.3) is 0 Å².